The number of halogens is 6. The van der Waals surface area contributed by atoms with Crippen LogP contribution in [0.15, 0.2) is 133 Å². The van der Waals surface area contributed by atoms with Gasteiger partial charge in [-0.05, 0) is 147 Å². The summed E-state index contributed by atoms with van der Waals surface area (Å²) in [7, 11) is 0. The molecule has 0 saturated carbocycles. The zero-order valence-corrected chi connectivity index (χ0v) is 48.6. The van der Waals surface area contributed by atoms with Gasteiger partial charge in [-0.2, -0.15) is 36.9 Å². The van der Waals surface area contributed by atoms with Crippen molar-refractivity contribution < 1.29 is 45.3 Å². The number of unbranched alkanes of at least 4 members (excludes halogenated alkanes) is 14. The number of nitrogens with zero attached hydrogens (tertiary/aromatic N) is 2. The van der Waals surface area contributed by atoms with Crippen molar-refractivity contribution in [3.05, 3.63) is 165 Å². The summed E-state index contributed by atoms with van der Waals surface area (Å²) in [6, 6.07) is 44.8. The molecule has 432 valence electrons. The number of allylic oxidation sites excluding steroid dienone is 2. The van der Waals surface area contributed by atoms with Gasteiger partial charge in [0.2, 0.25) is 0 Å². The summed E-state index contributed by atoms with van der Waals surface area (Å²) >= 11 is 2.18. The summed E-state index contributed by atoms with van der Waals surface area (Å²) in [5.74, 6) is -13.4. The fourth-order valence-corrected chi connectivity index (χ4v) is 13.0. The molecule has 0 fully saturated rings. The van der Waals surface area contributed by atoms with E-state index in [0.717, 1.165) is 159 Å². The molecule has 14 heteroatoms. The summed E-state index contributed by atoms with van der Waals surface area (Å²) in [6.45, 7) is 5.18. The molecule has 0 radical (unpaired) electrons. The standard InChI is InChI=1S/C69H68F6N2O4S2/c1-47-63(59-37-35-57(43-61(59)82-47)80-41-17-13-9-5-3-7-11-15-39-78-55-31-27-53(28-32-55)51-23-19-49(45-76)20-24-51)65-66(68(72,73)69(74,75)67(65,70)71)64-48(2)83-62-44-58(36-38-60(62)64)81-42-18-14-10-6-4-8-12-16-40-79-56-33-29-54(30-34-56)52-25-21-50(46-77)22-26-52/h19-38,43-44H,3-18,39-42H2,1-2H3. The van der Waals surface area contributed by atoms with E-state index < -0.39 is 28.9 Å². The number of hydrogen-bond acceptors (Lipinski definition) is 8. The van der Waals surface area contributed by atoms with Crippen molar-refractivity contribution in [1.29, 1.82) is 10.5 Å². The van der Waals surface area contributed by atoms with Gasteiger partial charge in [-0.25, -0.2) is 0 Å². The van der Waals surface area contributed by atoms with E-state index in [1.807, 2.05) is 97.1 Å². The lowest BCUT2D eigenvalue weighted by molar-refractivity contribution is -0.254. The van der Waals surface area contributed by atoms with E-state index in [0.29, 0.717) is 58.5 Å². The topological polar surface area (TPSA) is 84.5 Å². The zero-order valence-electron chi connectivity index (χ0n) is 47.0. The van der Waals surface area contributed by atoms with Gasteiger partial charge in [-0.15, -0.1) is 22.7 Å². The first-order chi connectivity index (χ1) is 40.2. The number of nitriles is 2. The number of ether oxygens (including phenoxy) is 4. The number of alkyl halides is 6. The smallest absolute Gasteiger partial charge is 0.380 e. The molecule has 0 unspecified atom stereocenters. The first kappa shape index (κ1) is 60.3. The van der Waals surface area contributed by atoms with Crippen LogP contribution in [0, 0.1) is 36.5 Å². The molecule has 2 heterocycles. The minimum absolute atomic E-state index is 0.192. The number of fused-ring (bicyclic) bond motifs is 2. The highest BCUT2D eigenvalue weighted by atomic mass is 32.1. The molecule has 0 atom stereocenters. The summed E-state index contributed by atoms with van der Waals surface area (Å²) in [6.07, 6.45) is 16.4. The largest absolute Gasteiger partial charge is 0.494 e. The van der Waals surface area contributed by atoms with Crippen LogP contribution >= 0.6 is 22.7 Å². The predicted octanol–water partition coefficient (Wildman–Crippen LogP) is 20.8. The molecule has 0 spiro atoms. The second-order valence-electron chi connectivity index (χ2n) is 21.3. The number of benzene rings is 6. The Kier molecular flexibility index (Phi) is 20.3. The average Bonchev–Trinajstić information content (AvgIpc) is 1.78. The highest BCUT2D eigenvalue weighted by Gasteiger charge is 2.80. The molecule has 0 N–H and O–H groups in total. The number of rotatable bonds is 30. The maximum atomic E-state index is 16.3. The van der Waals surface area contributed by atoms with Crippen molar-refractivity contribution in [2.45, 2.75) is 134 Å². The van der Waals surface area contributed by atoms with Crippen LogP contribution in [0.1, 0.15) is 135 Å². The third-order valence-corrected chi connectivity index (χ3v) is 17.5. The fraction of sp³-hybridized carbons (Fsp3) is 0.362. The fourth-order valence-electron chi connectivity index (χ4n) is 10.8. The van der Waals surface area contributed by atoms with Crippen molar-refractivity contribution in [3.63, 3.8) is 0 Å². The SMILES string of the molecule is Cc1sc2cc(OCCCCCCCCCCOc3ccc(-c4ccc(C#N)cc4)cc3)ccc2c1C1=C(c2c(C)sc3cc(OCCCCCCCCCCOc4ccc(-c5ccc(C#N)cc5)cc4)ccc23)C(F)(F)C(F)(F)C1(F)F. The average molecular weight is 1170 g/mol. The van der Waals surface area contributed by atoms with Gasteiger partial charge in [0.1, 0.15) is 23.0 Å². The molecule has 6 nitrogen and oxygen atoms in total. The van der Waals surface area contributed by atoms with Crippen LogP contribution in [-0.2, 0) is 0 Å². The lowest BCUT2D eigenvalue weighted by Gasteiger charge is -2.26. The van der Waals surface area contributed by atoms with E-state index >= 15 is 26.3 Å². The van der Waals surface area contributed by atoms with Gasteiger partial charge in [-0.1, -0.05) is 126 Å². The molecule has 0 amide bonds. The highest BCUT2D eigenvalue weighted by molar-refractivity contribution is 7.19. The first-order valence-electron chi connectivity index (χ1n) is 28.9. The van der Waals surface area contributed by atoms with Crippen LogP contribution in [0.2, 0.25) is 0 Å². The van der Waals surface area contributed by atoms with E-state index in [-0.39, 0.29) is 31.7 Å². The molecular formula is C69H68F6N2O4S2. The molecule has 0 aliphatic heterocycles. The van der Waals surface area contributed by atoms with Crippen molar-refractivity contribution in [2.24, 2.45) is 0 Å². The van der Waals surface area contributed by atoms with Crippen molar-refractivity contribution >= 4 is 54.0 Å². The molecule has 2 aromatic heterocycles. The Labute approximate surface area is 490 Å². The van der Waals surface area contributed by atoms with Gasteiger partial charge >= 0.3 is 17.8 Å². The maximum Gasteiger partial charge on any atom is 0.380 e. The number of hydrogen-bond donors (Lipinski definition) is 0. The molecular weight excluding hydrogens is 1100 g/mol. The van der Waals surface area contributed by atoms with Crippen LogP contribution < -0.4 is 18.9 Å². The summed E-state index contributed by atoms with van der Waals surface area (Å²) in [4.78, 5) is 0.458. The highest BCUT2D eigenvalue weighted by Crippen LogP contribution is 2.67. The minimum atomic E-state index is -5.68. The van der Waals surface area contributed by atoms with Gasteiger partial charge in [0.15, 0.2) is 0 Å². The first-order valence-corrected chi connectivity index (χ1v) is 30.5. The maximum absolute atomic E-state index is 16.3. The Morgan fingerprint density at radius 3 is 0.928 bits per heavy atom. The molecule has 0 bridgehead atoms. The monoisotopic (exact) mass is 1170 g/mol. The van der Waals surface area contributed by atoms with E-state index in [2.05, 4.69) is 12.1 Å². The van der Waals surface area contributed by atoms with Gasteiger partial charge in [0, 0.05) is 52.2 Å². The molecule has 9 rings (SSSR count). The summed E-state index contributed by atoms with van der Waals surface area (Å²) in [5, 5.41) is 18.4. The lowest BCUT2D eigenvalue weighted by atomic mass is 9.91. The van der Waals surface area contributed by atoms with Crippen molar-refractivity contribution in [1.82, 2.24) is 0 Å². The molecule has 1 aliphatic rings. The van der Waals surface area contributed by atoms with Crippen LogP contribution in [-0.4, -0.2) is 44.2 Å². The second kappa shape index (κ2) is 27.9. The number of aryl methyl sites for hydroxylation is 2. The van der Waals surface area contributed by atoms with E-state index in [4.69, 9.17) is 29.5 Å². The van der Waals surface area contributed by atoms with Crippen LogP contribution in [0.5, 0.6) is 23.0 Å². The Balaban J connectivity index is 0.701. The molecule has 0 saturated heterocycles. The lowest BCUT2D eigenvalue weighted by Crippen LogP contribution is -2.48. The Morgan fingerprint density at radius 2 is 0.627 bits per heavy atom. The number of thiophene rings is 2. The molecule has 8 aromatic rings. The molecule has 6 aromatic carbocycles. The van der Waals surface area contributed by atoms with E-state index in [9.17, 15) is 0 Å². The van der Waals surface area contributed by atoms with Crippen LogP contribution in [0.4, 0.5) is 26.3 Å². The van der Waals surface area contributed by atoms with E-state index in [1.165, 1.54) is 26.0 Å². The molecule has 83 heavy (non-hydrogen) atoms. The Bertz CT molecular complexity index is 3330. The Morgan fingerprint density at radius 1 is 0.361 bits per heavy atom. The molecule has 1 aliphatic carbocycles. The zero-order chi connectivity index (χ0) is 58.4. The normalized spacial score (nSPS) is 14.2. The third-order valence-electron chi connectivity index (χ3n) is 15.4. The van der Waals surface area contributed by atoms with Gasteiger partial charge in [0.05, 0.1) is 49.7 Å². The third kappa shape index (κ3) is 14.2. The van der Waals surface area contributed by atoms with Crippen molar-refractivity contribution in [3.8, 4) is 57.4 Å². The Hall–Kier alpha value is -7.26. The van der Waals surface area contributed by atoms with Gasteiger partial charge in [0.25, 0.3) is 0 Å². The van der Waals surface area contributed by atoms with Crippen molar-refractivity contribution in [2.75, 3.05) is 26.4 Å². The second-order valence-corrected chi connectivity index (χ2v) is 23.8. The van der Waals surface area contributed by atoms with Crippen LogP contribution in [0.3, 0.4) is 0 Å². The van der Waals surface area contributed by atoms with E-state index in [1.54, 1.807) is 24.3 Å². The summed E-state index contributed by atoms with van der Waals surface area (Å²) in [5.41, 5.74) is 2.23. The summed E-state index contributed by atoms with van der Waals surface area (Å²) < 4.78 is 121. The minimum Gasteiger partial charge on any atom is -0.494 e. The van der Waals surface area contributed by atoms with Gasteiger partial charge < -0.3 is 18.9 Å². The van der Waals surface area contributed by atoms with Crippen LogP contribution in [0.25, 0.3) is 53.6 Å². The predicted molar refractivity (Wildman–Crippen MR) is 324 cm³/mol. The van der Waals surface area contributed by atoms with Gasteiger partial charge in [-0.3, -0.25) is 0 Å². The quantitative estimate of drug-likeness (QED) is 0.0329.